The summed E-state index contributed by atoms with van der Waals surface area (Å²) < 4.78 is 3.67. The smallest absolute Gasteiger partial charge is 0.331 e. The predicted molar refractivity (Wildman–Crippen MR) is 112 cm³/mol. The summed E-state index contributed by atoms with van der Waals surface area (Å²) >= 11 is 0. The minimum atomic E-state index is 0. The van der Waals surface area contributed by atoms with Crippen molar-refractivity contribution in [3.8, 4) is 11.5 Å². The van der Waals surface area contributed by atoms with Crippen molar-refractivity contribution in [1.29, 1.82) is 0 Å². The summed E-state index contributed by atoms with van der Waals surface area (Å²) in [5.41, 5.74) is 2.05. The summed E-state index contributed by atoms with van der Waals surface area (Å²) in [7, 11) is 0. The van der Waals surface area contributed by atoms with Gasteiger partial charge < -0.3 is 5.32 Å². The first-order valence-corrected chi connectivity index (χ1v) is 10.1. The number of anilines is 1. The molecule has 148 valence electrons. The average Bonchev–Trinajstić information content (AvgIpc) is 3.44. The van der Waals surface area contributed by atoms with Crippen LogP contribution in [0.2, 0.25) is 0 Å². The second-order valence-corrected chi connectivity index (χ2v) is 7.74. The van der Waals surface area contributed by atoms with E-state index >= 15 is 0 Å². The third-order valence-electron chi connectivity index (χ3n) is 5.92. The number of aromatic nitrogens is 4. The van der Waals surface area contributed by atoms with Crippen LogP contribution in [0.25, 0.3) is 11.5 Å². The van der Waals surface area contributed by atoms with Gasteiger partial charge in [-0.3, -0.25) is 9.13 Å². The maximum Gasteiger partial charge on any atom is 0.331 e. The first-order chi connectivity index (χ1) is 13.3. The first kappa shape index (κ1) is 19.0. The number of hydrogen-bond donors (Lipinski definition) is 1. The van der Waals surface area contributed by atoms with E-state index in [2.05, 4.69) is 24.4 Å². The van der Waals surface area contributed by atoms with Gasteiger partial charge in [0, 0.05) is 12.5 Å². The third kappa shape index (κ3) is 3.00. The van der Waals surface area contributed by atoms with Gasteiger partial charge in [0.05, 0.1) is 12.6 Å². The van der Waals surface area contributed by atoms with Crippen molar-refractivity contribution in [2.24, 2.45) is 0 Å². The van der Waals surface area contributed by atoms with Crippen LogP contribution in [0, 0.1) is 0 Å². The van der Waals surface area contributed by atoms with E-state index in [1.165, 1.54) is 18.4 Å². The van der Waals surface area contributed by atoms with E-state index in [0.717, 1.165) is 42.4 Å². The maximum absolute atomic E-state index is 13.2. The SMILES string of the molecule is CCCn1c2nc(C3CCCC3)nc-2c2n(c1=O)C[C@@H](c1ccccc1)N2.Cl. The Kier molecular flexibility index (Phi) is 5.15. The van der Waals surface area contributed by atoms with Gasteiger partial charge >= 0.3 is 5.69 Å². The molecule has 5 rings (SSSR count). The molecule has 0 spiro atoms. The number of rotatable bonds is 4. The molecule has 6 nitrogen and oxygen atoms in total. The molecule has 28 heavy (non-hydrogen) atoms. The lowest BCUT2D eigenvalue weighted by Crippen LogP contribution is -2.31. The molecule has 7 heteroatoms. The van der Waals surface area contributed by atoms with Crippen molar-refractivity contribution in [2.75, 3.05) is 5.32 Å². The molecule has 3 aliphatic heterocycles. The lowest BCUT2D eigenvalue weighted by molar-refractivity contribution is 0.568. The van der Waals surface area contributed by atoms with Crippen LogP contribution in [-0.4, -0.2) is 19.1 Å². The quantitative estimate of drug-likeness (QED) is 0.714. The minimum Gasteiger partial charge on any atom is -0.361 e. The fourth-order valence-corrected chi connectivity index (χ4v) is 4.53. The molecule has 1 aromatic rings. The van der Waals surface area contributed by atoms with Crippen molar-refractivity contribution < 1.29 is 0 Å². The molecule has 4 aliphatic rings. The van der Waals surface area contributed by atoms with Crippen LogP contribution in [0.5, 0.6) is 0 Å². The molecular weight excluding hydrogens is 374 g/mol. The normalized spacial score (nSPS) is 18.8. The van der Waals surface area contributed by atoms with Crippen LogP contribution in [0.15, 0.2) is 35.1 Å². The number of benzene rings is 1. The number of halogens is 1. The molecule has 3 heterocycles. The topological polar surface area (TPSA) is 64.7 Å². The lowest BCUT2D eigenvalue weighted by Gasteiger charge is -2.13. The van der Waals surface area contributed by atoms with Crippen molar-refractivity contribution in [2.45, 2.75) is 64.1 Å². The summed E-state index contributed by atoms with van der Waals surface area (Å²) in [5.74, 6) is 2.93. The van der Waals surface area contributed by atoms with Crippen LogP contribution in [0.1, 0.15) is 62.4 Å². The fourth-order valence-electron chi connectivity index (χ4n) is 4.53. The van der Waals surface area contributed by atoms with Crippen LogP contribution in [0.4, 0.5) is 5.82 Å². The van der Waals surface area contributed by atoms with Gasteiger partial charge in [0.2, 0.25) is 0 Å². The van der Waals surface area contributed by atoms with Gasteiger partial charge in [-0.25, -0.2) is 14.8 Å². The second kappa shape index (κ2) is 7.59. The monoisotopic (exact) mass is 399 g/mol. The third-order valence-corrected chi connectivity index (χ3v) is 5.92. The Morgan fingerprint density at radius 3 is 2.61 bits per heavy atom. The number of hydrogen-bond acceptors (Lipinski definition) is 4. The zero-order valence-corrected chi connectivity index (χ0v) is 16.9. The standard InChI is InChI=1S/C21H25N5O.ClH/c1-2-12-25-20-17(23-18(24-20)15-10-6-7-11-15)19-22-16(13-26(19)21(25)27)14-8-4-3-5-9-14;/h3-5,8-9,15-16,22H,2,6-7,10-13H2,1H3;1H/t16-;/m0./s1. The largest absolute Gasteiger partial charge is 0.361 e. The average molecular weight is 400 g/mol. The Morgan fingerprint density at radius 2 is 1.89 bits per heavy atom. The van der Waals surface area contributed by atoms with Gasteiger partial charge in [-0.2, -0.15) is 0 Å². The Hall–Kier alpha value is -2.34. The lowest BCUT2D eigenvalue weighted by atomic mass is 10.1. The highest BCUT2D eigenvalue weighted by Crippen LogP contribution is 2.39. The second-order valence-electron chi connectivity index (χ2n) is 7.74. The van der Waals surface area contributed by atoms with E-state index < -0.39 is 0 Å². The molecule has 1 aliphatic carbocycles. The molecule has 0 saturated heterocycles. The van der Waals surface area contributed by atoms with E-state index in [4.69, 9.17) is 9.97 Å². The van der Waals surface area contributed by atoms with Crippen molar-refractivity contribution in [1.82, 2.24) is 19.1 Å². The van der Waals surface area contributed by atoms with E-state index in [1.54, 1.807) is 0 Å². The number of nitrogens with zero attached hydrogens (tertiary/aromatic N) is 4. The van der Waals surface area contributed by atoms with Crippen molar-refractivity contribution in [3.05, 3.63) is 52.2 Å². The summed E-state index contributed by atoms with van der Waals surface area (Å²) in [5, 5.41) is 3.55. The van der Waals surface area contributed by atoms with Crippen molar-refractivity contribution >= 4 is 18.2 Å². The van der Waals surface area contributed by atoms with Gasteiger partial charge in [0.15, 0.2) is 5.82 Å². The van der Waals surface area contributed by atoms with E-state index in [9.17, 15) is 4.79 Å². The fraction of sp³-hybridized carbons (Fsp3) is 0.476. The van der Waals surface area contributed by atoms with Gasteiger partial charge in [0.1, 0.15) is 17.3 Å². The number of fused-ring (bicyclic) bond motifs is 3. The number of nitrogens with one attached hydrogen (secondary N) is 1. The Bertz CT molecular complexity index is 990. The Balaban J connectivity index is 0.00000192. The Morgan fingerprint density at radius 1 is 1.14 bits per heavy atom. The molecule has 1 aromatic carbocycles. The Labute approximate surface area is 170 Å². The molecule has 0 radical (unpaired) electrons. The highest BCUT2D eigenvalue weighted by molar-refractivity contribution is 5.85. The van der Waals surface area contributed by atoms with Gasteiger partial charge in [-0.1, -0.05) is 50.1 Å². The van der Waals surface area contributed by atoms with E-state index in [-0.39, 0.29) is 24.1 Å². The summed E-state index contributed by atoms with van der Waals surface area (Å²) in [6.45, 7) is 3.40. The maximum atomic E-state index is 13.2. The first-order valence-electron chi connectivity index (χ1n) is 10.1. The van der Waals surface area contributed by atoms with Crippen LogP contribution in [0.3, 0.4) is 0 Å². The van der Waals surface area contributed by atoms with E-state index in [0.29, 0.717) is 19.0 Å². The van der Waals surface area contributed by atoms with Gasteiger partial charge in [-0.15, -0.1) is 12.4 Å². The molecule has 0 unspecified atom stereocenters. The molecule has 0 aromatic heterocycles. The zero-order chi connectivity index (χ0) is 18.4. The summed E-state index contributed by atoms with van der Waals surface area (Å²) in [6.07, 6.45) is 5.71. The molecule has 0 bridgehead atoms. The molecule has 1 fully saturated rings. The highest BCUT2D eigenvalue weighted by atomic mass is 35.5. The molecule has 1 N–H and O–H groups in total. The van der Waals surface area contributed by atoms with Crippen molar-refractivity contribution in [3.63, 3.8) is 0 Å². The molecule has 1 atom stereocenters. The number of imidazole rings is 1. The van der Waals surface area contributed by atoms with Gasteiger partial charge in [-0.05, 0) is 24.8 Å². The summed E-state index contributed by atoms with van der Waals surface area (Å²) in [4.78, 5) is 23.0. The predicted octanol–water partition coefficient (Wildman–Crippen LogP) is 4.20. The molecule has 1 saturated carbocycles. The highest BCUT2D eigenvalue weighted by Gasteiger charge is 2.33. The molecule has 0 amide bonds. The zero-order valence-electron chi connectivity index (χ0n) is 16.1. The van der Waals surface area contributed by atoms with Crippen LogP contribution in [-0.2, 0) is 13.1 Å². The van der Waals surface area contributed by atoms with Crippen LogP contribution >= 0.6 is 12.4 Å². The van der Waals surface area contributed by atoms with E-state index in [1.807, 2.05) is 27.3 Å². The summed E-state index contributed by atoms with van der Waals surface area (Å²) in [6, 6.07) is 10.4. The molecular formula is C21H26ClN5O. The minimum absolute atomic E-state index is 0. The van der Waals surface area contributed by atoms with Crippen LogP contribution < -0.4 is 11.0 Å². The van der Waals surface area contributed by atoms with Gasteiger partial charge in [0.25, 0.3) is 0 Å².